The quantitative estimate of drug-likeness (QED) is 0.343. The number of aromatic nitrogens is 2. The number of fused-ring (bicyclic) bond motifs is 1. The van der Waals surface area contributed by atoms with Crippen LogP contribution in [0, 0.1) is 13.8 Å². The number of nitrogens with zero attached hydrogens (tertiary/aromatic N) is 2. The van der Waals surface area contributed by atoms with Crippen LogP contribution in [0.3, 0.4) is 0 Å². The van der Waals surface area contributed by atoms with Crippen molar-refractivity contribution < 1.29 is 14.3 Å². The van der Waals surface area contributed by atoms with Crippen LogP contribution >= 0.6 is 0 Å². The molecule has 1 aromatic heterocycles. The van der Waals surface area contributed by atoms with E-state index in [4.69, 9.17) is 4.74 Å². The molecule has 160 valence electrons. The van der Waals surface area contributed by atoms with E-state index in [9.17, 15) is 14.4 Å². The molecule has 0 aliphatic rings. The first kappa shape index (κ1) is 21.2. The second kappa shape index (κ2) is 8.98. The van der Waals surface area contributed by atoms with E-state index in [-0.39, 0.29) is 23.6 Å². The van der Waals surface area contributed by atoms with Crippen molar-refractivity contribution in [1.82, 2.24) is 9.78 Å². The van der Waals surface area contributed by atoms with Crippen LogP contribution in [0.4, 0.5) is 0 Å². The summed E-state index contributed by atoms with van der Waals surface area (Å²) < 4.78 is 6.58. The lowest BCUT2D eigenvalue weighted by Crippen LogP contribution is -2.27. The van der Waals surface area contributed by atoms with E-state index >= 15 is 0 Å². The maximum Gasteiger partial charge on any atom is 0.359 e. The zero-order valence-electron chi connectivity index (χ0n) is 17.9. The molecule has 1 heterocycles. The lowest BCUT2D eigenvalue weighted by Gasteiger charge is -2.11. The summed E-state index contributed by atoms with van der Waals surface area (Å²) in [4.78, 5) is 38.5. The van der Waals surface area contributed by atoms with E-state index < -0.39 is 12.6 Å². The molecule has 6 nitrogen and oxygen atoms in total. The lowest BCUT2D eigenvalue weighted by atomic mass is 10.0. The van der Waals surface area contributed by atoms with Crippen molar-refractivity contribution in [3.63, 3.8) is 0 Å². The summed E-state index contributed by atoms with van der Waals surface area (Å²) in [5.41, 5.74) is 2.87. The predicted molar refractivity (Wildman–Crippen MR) is 122 cm³/mol. The number of benzene rings is 3. The SMILES string of the molecule is Cc1ccc(C)c(C(=O)COC(=O)c2nn(Cc3ccccc3)c(=O)c3ccccc23)c1. The van der Waals surface area contributed by atoms with Gasteiger partial charge in [0, 0.05) is 10.9 Å². The van der Waals surface area contributed by atoms with Crippen molar-refractivity contribution in [2.75, 3.05) is 6.61 Å². The van der Waals surface area contributed by atoms with Gasteiger partial charge in [0.05, 0.1) is 11.9 Å². The Morgan fingerprint density at radius 2 is 1.59 bits per heavy atom. The van der Waals surface area contributed by atoms with Crippen molar-refractivity contribution in [2.45, 2.75) is 20.4 Å². The fourth-order valence-corrected chi connectivity index (χ4v) is 3.56. The van der Waals surface area contributed by atoms with E-state index in [0.717, 1.165) is 16.7 Å². The first-order chi connectivity index (χ1) is 15.4. The zero-order valence-corrected chi connectivity index (χ0v) is 17.9. The molecule has 3 aromatic carbocycles. The standard InChI is InChI=1S/C26H22N2O4/c1-17-12-13-18(2)22(14-17)23(29)16-32-26(31)24-20-10-6-7-11-21(20)25(30)28(27-24)15-19-8-4-3-5-9-19/h3-14H,15-16H2,1-2H3. The normalized spacial score (nSPS) is 10.8. The maximum absolute atomic E-state index is 12.9. The van der Waals surface area contributed by atoms with E-state index in [2.05, 4.69) is 5.10 Å². The fourth-order valence-electron chi connectivity index (χ4n) is 3.56. The number of rotatable bonds is 6. The van der Waals surface area contributed by atoms with Gasteiger partial charge in [0.25, 0.3) is 5.56 Å². The average molecular weight is 426 g/mol. The number of hydrogen-bond donors (Lipinski definition) is 0. The summed E-state index contributed by atoms with van der Waals surface area (Å²) >= 11 is 0. The number of Topliss-reactive ketones (excluding diaryl/α,β-unsaturated/α-hetero) is 1. The molecule has 0 aliphatic heterocycles. The molecule has 0 N–H and O–H groups in total. The van der Waals surface area contributed by atoms with Crippen molar-refractivity contribution in [2.24, 2.45) is 0 Å². The molecule has 4 aromatic rings. The van der Waals surface area contributed by atoms with E-state index in [1.807, 2.05) is 56.3 Å². The highest BCUT2D eigenvalue weighted by atomic mass is 16.5. The summed E-state index contributed by atoms with van der Waals surface area (Å²) in [5.74, 6) is -1.04. The van der Waals surface area contributed by atoms with E-state index in [0.29, 0.717) is 16.3 Å². The number of esters is 1. The molecule has 0 bridgehead atoms. The van der Waals surface area contributed by atoms with Crippen LogP contribution in [0.1, 0.15) is 37.5 Å². The molecular weight excluding hydrogens is 404 g/mol. The summed E-state index contributed by atoms with van der Waals surface area (Å²) in [6.07, 6.45) is 0. The first-order valence-electron chi connectivity index (χ1n) is 10.3. The number of ketones is 1. The Balaban J connectivity index is 1.64. The summed E-state index contributed by atoms with van der Waals surface area (Å²) in [6, 6.07) is 21.7. The summed E-state index contributed by atoms with van der Waals surface area (Å²) in [5, 5.41) is 5.06. The smallest absolute Gasteiger partial charge is 0.359 e. The Morgan fingerprint density at radius 1 is 0.906 bits per heavy atom. The third-order valence-electron chi connectivity index (χ3n) is 5.26. The Hall–Kier alpha value is -4.06. The van der Waals surface area contributed by atoms with Gasteiger partial charge in [-0.2, -0.15) is 5.10 Å². The van der Waals surface area contributed by atoms with Crippen molar-refractivity contribution in [1.29, 1.82) is 0 Å². The highest BCUT2D eigenvalue weighted by Gasteiger charge is 2.20. The van der Waals surface area contributed by atoms with Gasteiger partial charge in [-0.25, -0.2) is 9.48 Å². The van der Waals surface area contributed by atoms with Crippen LogP contribution in [-0.4, -0.2) is 28.1 Å². The van der Waals surface area contributed by atoms with Crippen molar-refractivity contribution >= 4 is 22.5 Å². The molecule has 32 heavy (non-hydrogen) atoms. The molecule has 0 saturated carbocycles. The van der Waals surface area contributed by atoms with Gasteiger partial charge in [-0.3, -0.25) is 9.59 Å². The van der Waals surface area contributed by atoms with Crippen LogP contribution in [0.15, 0.2) is 77.6 Å². The zero-order chi connectivity index (χ0) is 22.7. The van der Waals surface area contributed by atoms with E-state index in [1.165, 1.54) is 4.68 Å². The third kappa shape index (κ3) is 4.34. The Kier molecular flexibility index (Phi) is 5.94. The highest BCUT2D eigenvalue weighted by Crippen LogP contribution is 2.16. The van der Waals surface area contributed by atoms with Crippen molar-refractivity contribution in [3.8, 4) is 0 Å². The van der Waals surface area contributed by atoms with Crippen molar-refractivity contribution in [3.05, 3.63) is 111 Å². The summed E-state index contributed by atoms with van der Waals surface area (Å²) in [7, 11) is 0. The molecule has 0 fully saturated rings. The number of carbonyl (C=O) groups excluding carboxylic acids is 2. The van der Waals surface area contributed by atoms with Crippen LogP contribution in [0.25, 0.3) is 10.8 Å². The average Bonchev–Trinajstić information content (AvgIpc) is 2.81. The maximum atomic E-state index is 12.9. The minimum absolute atomic E-state index is 0.00453. The summed E-state index contributed by atoms with van der Waals surface area (Å²) in [6.45, 7) is 3.54. The molecule has 6 heteroatoms. The molecule has 0 spiro atoms. The topological polar surface area (TPSA) is 78.3 Å². The molecule has 4 rings (SSSR count). The molecule has 0 unspecified atom stereocenters. The van der Waals surface area contributed by atoms with Crippen LogP contribution in [0.2, 0.25) is 0 Å². The monoisotopic (exact) mass is 426 g/mol. The van der Waals surface area contributed by atoms with Gasteiger partial charge in [-0.15, -0.1) is 0 Å². The van der Waals surface area contributed by atoms with Gasteiger partial charge in [0.1, 0.15) is 0 Å². The van der Waals surface area contributed by atoms with Gasteiger partial charge in [-0.05, 0) is 37.1 Å². The number of ether oxygens (including phenoxy) is 1. The Morgan fingerprint density at radius 3 is 2.34 bits per heavy atom. The fraction of sp³-hybridized carbons (Fsp3) is 0.154. The van der Waals surface area contributed by atoms with Crippen LogP contribution < -0.4 is 5.56 Å². The molecule has 0 saturated heterocycles. The van der Waals surface area contributed by atoms with Crippen LogP contribution in [0.5, 0.6) is 0 Å². The number of carbonyl (C=O) groups is 2. The minimum Gasteiger partial charge on any atom is -0.452 e. The highest BCUT2D eigenvalue weighted by molar-refractivity contribution is 6.04. The molecule has 0 atom stereocenters. The number of hydrogen-bond acceptors (Lipinski definition) is 5. The van der Waals surface area contributed by atoms with Crippen LogP contribution in [-0.2, 0) is 11.3 Å². The van der Waals surface area contributed by atoms with E-state index in [1.54, 1.807) is 30.3 Å². The van der Waals surface area contributed by atoms with Gasteiger partial charge >= 0.3 is 5.97 Å². The van der Waals surface area contributed by atoms with Gasteiger partial charge in [0.15, 0.2) is 12.3 Å². The minimum atomic E-state index is -0.748. The van der Waals surface area contributed by atoms with Gasteiger partial charge < -0.3 is 4.74 Å². The molecule has 0 amide bonds. The predicted octanol–water partition coefficient (Wildman–Crippen LogP) is 4.10. The molecule has 0 radical (unpaired) electrons. The largest absolute Gasteiger partial charge is 0.452 e. The number of aryl methyl sites for hydroxylation is 2. The second-order valence-electron chi connectivity index (χ2n) is 7.66. The first-order valence-corrected chi connectivity index (χ1v) is 10.3. The van der Waals surface area contributed by atoms with Gasteiger partial charge in [-0.1, -0.05) is 66.2 Å². The second-order valence-corrected chi connectivity index (χ2v) is 7.66. The Labute approximate surface area is 185 Å². The lowest BCUT2D eigenvalue weighted by molar-refractivity contribution is 0.0468. The molecular formula is C26H22N2O4. The Bertz CT molecular complexity index is 1370. The third-order valence-corrected chi connectivity index (χ3v) is 5.26. The molecule has 0 aliphatic carbocycles. The van der Waals surface area contributed by atoms with Gasteiger partial charge in [0.2, 0.25) is 5.78 Å².